The van der Waals surface area contributed by atoms with Gasteiger partial charge in [0.2, 0.25) is 0 Å². The Morgan fingerprint density at radius 3 is 2.91 bits per heavy atom. The summed E-state index contributed by atoms with van der Waals surface area (Å²) in [5.41, 5.74) is 2.74. The molecule has 0 radical (unpaired) electrons. The van der Waals surface area contributed by atoms with Gasteiger partial charge in [-0.1, -0.05) is 43.7 Å². The van der Waals surface area contributed by atoms with Gasteiger partial charge in [-0.25, -0.2) is 0 Å². The van der Waals surface area contributed by atoms with Crippen molar-refractivity contribution in [1.29, 1.82) is 0 Å². The molecule has 2 aromatic rings. The molecule has 0 spiro atoms. The highest BCUT2D eigenvalue weighted by Crippen LogP contribution is 2.35. The van der Waals surface area contributed by atoms with Crippen molar-refractivity contribution in [2.24, 2.45) is 5.41 Å². The van der Waals surface area contributed by atoms with Crippen molar-refractivity contribution in [3.63, 3.8) is 0 Å². The molecule has 1 aromatic carbocycles. The zero-order valence-electron chi connectivity index (χ0n) is 19.9. The van der Waals surface area contributed by atoms with Gasteiger partial charge in [0.25, 0.3) is 5.91 Å². The number of aromatic nitrogens is 1. The third-order valence-electron chi connectivity index (χ3n) is 6.12. The molecule has 3 heterocycles. The Hall–Kier alpha value is -2.88. The number of nitrogens with zero attached hydrogens (tertiary/aromatic N) is 1. The minimum absolute atomic E-state index is 0.0480. The number of thiocarbonyl (C=S) groups is 1. The quantitative estimate of drug-likeness (QED) is 0.433. The predicted molar refractivity (Wildman–Crippen MR) is 139 cm³/mol. The highest BCUT2D eigenvalue weighted by Gasteiger charge is 2.40. The first-order valence-electron chi connectivity index (χ1n) is 11.4. The summed E-state index contributed by atoms with van der Waals surface area (Å²) in [7, 11) is 1.53. The highest BCUT2D eigenvalue weighted by atomic mass is 35.5. The number of hydrogen-bond acceptors (Lipinski definition) is 7. The zero-order chi connectivity index (χ0) is 25.0. The molecule has 4 rings (SSSR count). The van der Waals surface area contributed by atoms with E-state index >= 15 is 0 Å². The molecule has 1 aromatic heterocycles. The second-order valence-electron chi connectivity index (χ2n) is 9.07. The monoisotopic (exact) mass is 516 g/mol. The molecule has 1 atom stereocenters. The lowest BCUT2D eigenvalue weighted by Crippen LogP contribution is -2.50. The maximum Gasteiger partial charge on any atom is 0.256 e. The topological polar surface area (TPSA) is 93.7 Å². The number of nitrogens with one attached hydrogen (secondary N) is 3. The first-order chi connectivity index (χ1) is 16.8. The van der Waals surface area contributed by atoms with Crippen LogP contribution in [-0.2, 0) is 16.1 Å². The molecular formula is C25H29ClN4O4S. The molecule has 1 fully saturated rings. The van der Waals surface area contributed by atoms with Crippen LogP contribution in [0.25, 0.3) is 0 Å². The van der Waals surface area contributed by atoms with Crippen LogP contribution in [0.3, 0.4) is 0 Å². The number of methoxy groups -OCH3 is 1. The fourth-order valence-corrected chi connectivity index (χ4v) is 4.51. The molecule has 0 aliphatic carbocycles. The zero-order valence-corrected chi connectivity index (χ0v) is 21.5. The number of rotatable bonds is 9. The Balaban J connectivity index is 1.49. The first kappa shape index (κ1) is 25.2. The van der Waals surface area contributed by atoms with Gasteiger partial charge in [-0.3, -0.25) is 9.78 Å². The van der Waals surface area contributed by atoms with Crippen molar-refractivity contribution < 1.29 is 19.0 Å². The van der Waals surface area contributed by atoms with Crippen LogP contribution in [0.1, 0.15) is 25.8 Å². The molecule has 0 bridgehead atoms. The number of pyridine rings is 1. The standard InChI is InChI=1S/C25H29ClN4O4S/c1-25(2)14-34-20(25)13-33-19-12-27-9-7-15(19)11-29-17-8-10-28-23(31)21(17)24(35)30-18-6-4-5-16(26)22(18)32-3/h4-7,9,12,20,29H,8,10-11,13-14H2,1-3H3,(H,28,31)(H,30,35). The van der Waals surface area contributed by atoms with Crippen molar-refractivity contribution in [3.05, 3.63) is 58.5 Å². The van der Waals surface area contributed by atoms with Gasteiger partial charge in [-0.2, -0.15) is 0 Å². The van der Waals surface area contributed by atoms with Crippen molar-refractivity contribution >= 4 is 40.4 Å². The highest BCUT2D eigenvalue weighted by molar-refractivity contribution is 7.81. The number of para-hydroxylation sites is 1. The second kappa shape index (κ2) is 10.8. The summed E-state index contributed by atoms with van der Waals surface area (Å²) >= 11 is 11.8. The smallest absolute Gasteiger partial charge is 0.256 e. The largest absolute Gasteiger partial charge is 0.493 e. The third kappa shape index (κ3) is 5.69. The van der Waals surface area contributed by atoms with Gasteiger partial charge in [0.05, 0.1) is 42.3 Å². The van der Waals surface area contributed by atoms with Gasteiger partial charge in [0, 0.05) is 42.4 Å². The molecule has 0 saturated carbocycles. The van der Waals surface area contributed by atoms with Crippen LogP contribution < -0.4 is 25.4 Å². The van der Waals surface area contributed by atoms with Gasteiger partial charge >= 0.3 is 0 Å². The molecule has 10 heteroatoms. The van der Waals surface area contributed by atoms with Crippen molar-refractivity contribution in [2.45, 2.75) is 32.9 Å². The van der Waals surface area contributed by atoms with Gasteiger partial charge in [-0.15, -0.1) is 0 Å². The van der Waals surface area contributed by atoms with Crippen molar-refractivity contribution in [2.75, 3.05) is 32.2 Å². The van der Waals surface area contributed by atoms with Crippen LogP contribution in [-0.4, -0.2) is 48.9 Å². The van der Waals surface area contributed by atoms with E-state index in [0.29, 0.717) is 53.9 Å². The molecule has 1 amide bonds. The number of amides is 1. The number of carbonyl (C=O) groups excluding carboxylic acids is 1. The van der Waals surface area contributed by atoms with Crippen LogP contribution >= 0.6 is 23.8 Å². The summed E-state index contributed by atoms with van der Waals surface area (Å²) < 4.78 is 17.1. The molecule has 186 valence electrons. The minimum Gasteiger partial charge on any atom is -0.493 e. The minimum atomic E-state index is -0.243. The molecular weight excluding hydrogens is 488 g/mol. The summed E-state index contributed by atoms with van der Waals surface area (Å²) in [5.74, 6) is 0.894. The van der Waals surface area contributed by atoms with E-state index in [2.05, 4.69) is 34.8 Å². The molecule has 3 N–H and O–H groups in total. The lowest BCUT2D eigenvalue weighted by molar-refractivity contribution is -0.180. The SMILES string of the molecule is COc1c(Cl)cccc1NC(=S)C1=C(NCc2ccncc2OCC2OCC2(C)C)CCNC1=O. The van der Waals surface area contributed by atoms with E-state index in [1.807, 2.05) is 6.07 Å². The molecule has 35 heavy (non-hydrogen) atoms. The van der Waals surface area contributed by atoms with Crippen LogP contribution in [0.5, 0.6) is 11.5 Å². The maximum atomic E-state index is 12.8. The fraction of sp³-hybridized carbons (Fsp3) is 0.400. The Bertz CT molecular complexity index is 1150. The maximum absolute atomic E-state index is 12.8. The first-order valence-corrected chi connectivity index (χ1v) is 12.1. The van der Waals surface area contributed by atoms with Gasteiger partial charge in [-0.05, 0) is 18.2 Å². The van der Waals surface area contributed by atoms with Crippen LogP contribution in [0.2, 0.25) is 5.02 Å². The van der Waals surface area contributed by atoms with E-state index in [4.69, 9.17) is 38.0 Å². The fourth-order valence-electron chi connectivity index (χ4n) is 3.93. The molecule has 2 aliphatic rings. The average molecular weight is 517 g/mol. The van der Waals surface area contributed by atoms with Crippen LogP contribution in [0.4, 0.5) is 5.69 Å². The Morgan fingerprint density at radius 1 is 1.37 bits per heavy atom. The van der Waals surface area contributed by atoms with E-state index in [9.17, 15) is 4.79 Å². The van der Waals surface area contributed by atoms with E-state index in [1.54, 1.807) is 30.6 Å². The number of hydrogen-bond donors (Lipinski definition) is 3. The molecule has 8 nitrogen and oxygen atoms in total. The number of carbonyl (C=O) groups is 1. The van der Waals surface area contributed by atoms with E-state index in [1.165, 1.54) is 7.11 Å². The second-order valence-corrected chi connectivity index (χ2v) is 9.89. The Kier molecular flexibility index (Phi) is 7.78. The van der Waals surface area contributed by atoms with E-state index in [-0.39, 0.29) is 22.4 Å². The summed E-state index contributed by atoms with van der Waals surface area (Å²) in [5, 5.41) is 9.81. The van der Waals surface area contributed by atoms with Gasteiger partial charge in [0.15, 0.2) is 5.75 Å². The van der Waals surface area contributed by atoms with Crippen molar-refractivity contribution in [3.8, 4) is 11.5 Å². The van der Waals surface area contributed by atoms with Crippen molar-refractivity contribution in [1.82, 2.24) is 15.6 Å². The third-order valence-corrected chi connectivity index (χ3v) is 6.72. The van der Waals surface area contributed by atoms with E-state index < -0.39 is 0 Å². The molecule has 1 saturated heterocycles. The lowest BCUT2D eigenvalue weighted by atomic mass is 9.83. The number of halogens is 1. The lowest BCUT2D eigenvalue weighted by Gasteiger charge is -2.43. The van der Waals surface area contributed by atoms with Crippen LogP contribution in [0.15, 0.2) is 47.9 Å². The number of benzene rings is 1. The summed E-state index contributed by atoms with van der Waals surface area (Å²) in [6.45, 7) is 6.47. The summed E-state index contributed by atoms with van der Waals surface area (Å²) in [4.78, 5) is 17.3. The van der Waals surface area contributed by atoms with Gasteiger partial charge < -0.3 is 30.2 Å². The average Bonchev–Trinajstić information content (AvgIpc) is 2.83. The normalized spacial score (nSPS) is 18.9. The van der Waals surface area contributed by atoms with E-state index in [0.717, 1.165) is 17.9 Å². The summed E-state index contributed by atoms with van der Waals surface area (Å²) in [6.07, 6.45) is 4.07. The molecule has 2 aliphatic heterocycles. The van der Waals surface area contributed by atoms with Crippen LogP contribution in [0, 0.1) is 5.41 Å². The molecule has 1 unspecified atom stereocenters. The Labute approximate surface area is 215 Å². The predicted octanol–water partition coefficient (Wildman–Crippen LogP) is 3.85. The number of ether oxygens (including phenoxy) is 3. The Morgan fingerprint density at radius 2 is 2.20 bits per heavy atom. The number of anilines is 1. The van der Waals surface area contributed by atoms with Gasteiger partial charge in [0.1, 0.15) is 17.3 Å². The summed E-state index contributed by atoms with van der Waals surface area (Å²) in [6, 6.07) is 7.19.